The second-order valence-corrected chi connectivity index (χ2v) is 3.97. The predicted molar refractivity (Wildman–Crippen MR) is 57.0 cm³/mol. The van der Waals surface area contributed by atoms with Crippen LogP contribution < -0.4 is 0 Å². The summed E-state index contributed by atoms with van der Waals surface area (Å²) in [5.74, 6) is -0.117. The lowest BCUT2D eigenvalue weighted by molar-refractivity contribution is -0.135. The van der Waals surface area contributed by atoms with E-state index < -0.39 is 0 Å². The van der Waals surface area contributed by atoms with Crippen molar-refractivity contribution >= 4 is 5.97 Å². The zero-order valence-electron chi connectivity index (χ0n) is 9.27. The summed E-state index contributed by atoms with van der Waals surface area (Å²) in [5, 5.41) is 0. The van der Waals surface area contributed by atoms with E-state index in [1.54, 1.807) is 0 Å². The van der Waals surface area contributed by atoms with Gasteiger partial charge in [0.2, 0.25) is 0 Å². The highest BCUT2D eigenvalue weighted by Crippen LogP contribution is 2.21. The number of ether oxygens (including phenoxy) is 1. The van der Waals surface area contributed by atoms with Crippen LogP contribution in [-0.2, 0) is 9.53 Å². The monoisotopic (exact) mass is 196 g/mol. The van der Waals surface area contributed by atoms with Gasteiger partial charge in [-0.3, -0.25) is 0 Å². The Morgan fingerprint density at radius 3 is 2.50 bits per heavy atom. The van der Waals surface area contributed by atoms with E-state index in [-0.39, 0.29) is 5.97 Å². The molecule has 0 amide bonds. The van der Waals surface area contributed by atoms with Gasteiger partial charge in [0, 0.05) is 5.57 Å². The lowest BCUT2D eigenvalue weighted by Crippen LogP contribution is -1.94. The number of rotatable bonds is 6. The zero-order chi connectivity index (χ0) is 10.4. The van der Waals surface area contributed by atoms with E-state index in [2.05, 4.69) is 6.92 Å². The topological polar surface area (TPSA) is 26.3 Å². The molecule has 0 unspecified atom stereocenters. The van der Waals surface area contributed by atoms with Gasteiger partial charge in [0.05, 0.1) is 0 Å². The highest BCUT2D eigenvalue weighted by atomic mass is 16.5. The normalized spacial score (nSPS) is 16.3. The molecule has 0 bridgehead atoms. The minimum atomic E-state index is -0.117. The summed E-state index contributed by atoms with van der Waals surface area (Å²) < 4.78 is 4.94. The van der Waals surface area contributed by atoms with Gasteiger partial charge in [0.15, 0.2) is 0 Å². The van der Waals surface area contributed by atoms with Crippen molar-refractivity contribution in [3.05, 3.63) is 11.1 Å². The minimum absolute atomic E-state index is 0.117. The maximum Gasteiger partial charge on any atom is 0.334 e. The number of carbonyl (C=O) groups is 1. The van der Waals surface area contributed by atoms with E-state index >= 15 is 0 Å². The summed E-state index contributed by atoms with van der Waals surface area (Å²) >= 11 is 0. The van der Waals surface area contributed by atoms with Crippen LogP contribution >= 0.6 is 0 Å². The van der Waals surface area contributed by atoms with Crippen molar-refractivity contribution < 1.29 is 9.53 Å². The van der Waals surface area contributed by atoms with Gasteiger partial charge in [-0.05, 0) is 25.3 Å². The molecule has 0 N–H and O–H groups in total. The zero-order valence-corrected chi connectivity index (χ0v) is 9.27. The number of carbonyl (C=O) groups excluding carboxylic acids is 1. The number of esters is 1. The van der Waals surface area contributed by atoms with Crippen LogP contribution in [-0.4, -0.2) is 12.6 Å². The van der Waals surface area contributed by atoms with Gasteiger partial charge in [-0.2, -0.15) is 0 Å². The second-order valence-electron chi connectivity index (χ2n) is 3.97. The molecule has 0 spiro atoms. The fourth-order valence-corrected chi connectivity index (χ4v) is 1.72. The maximum atomic E-state index is 11.0. The first kappa shape index (κ1) is 11.3. The molecule has 0 aliphatic carbocycles. The van der Waals surface area contributed by atoms with Crippen molar-refractivity contribution in [1.29, 1.82) is 0 Å². The van der Waals surface area contributed by atoms with E-state index in [1.165, 1.54) is 37.7 Å². The molecule has 0 radical (unpaired) electrons. The van der Waals surface area contributed by atoms with E-state index in [9.17, 15) is 4.79 Å². The van der Waals surface area contributed by atoms with Crippen LogP contribution in [0.3, 0.4) is 0 Å². The summed E-state index contributed by atoms with van der Waals surface area (Å²) in [5.41, 5.74) is 2.06. The first-order chi connectivity index (χ1) is 6.75. The van der Waals surface area contributed by atoms with Crippen LogP contribution in [0.5, 0.6) is 0 Å². The lowest BCUT2D eigenvalue weighted by atomic mass is 10.0. The summed E-state index contributed by atoms with van der Waals surface area (Å²) in [7, 11) is 0. The third kappa shape index (κ3) is 3.17. The standard InChI is InChI=1S/C12H20O2/c1-3-4-5-6-7-8-11-9-14-12(13)10(11)2/h3-9H2,1-2H3. The molecule has 0 fully saturated rings. The molecule has 2 heteroatoms. The van der Waals surface area contributed by atoms with E-state index in [0.717, 1.165) is 12.0 Å². The van der Waals surface area contributed by atoms with Gasteiger partial charge in [0.1, 0.15) is 6.61 Å². The molecule has 0 aromatic rings. The Bertz CT molecular complexity index is 228. The Morgan fingerprint density at radius 2 is 1.93 bits per heavy atom. The van der Waals surface area contributed by atoms with Crippen molar-refractivity contribution in [3.63, 3.8) is 0 Å². The maximum absolute atomic E-state index is 11.0. The Balaban J connectivity index is 2.16. The highest BCUT2D eigenvalue weighted by Gasteiger charge is 2.19. The first-order valence-corrected chi connectivity index (χ1v) is 5.61. The Kier molecular flexibility index (Phi) is 4.71. The average Bonchev–Trinajstić information content (AvgIpc) is 2.49. The van der Waals surface area contributed by atoms with E-state index in [0.29, 0.717) is 6.61 Å². The molecule has 0 aromatic heterocycles. The molecular formula is C12H20O2. The molecule has 80 valence electrons. The second kappa shape index (κ2) is 5.84. The van der Waals surface area contributed by atoms with Gasteiger partial charge in [-0.25, -0.2) is 4.79 Å². The molecule has 1 heterocycles. The molecule has 1 aliphatic heterocycles. The first-order valence-electron chi connectivity index (χ1n) is 5.61. The van der Waals surface area contributed by atoms with Crippen LogP contribution in [0.15, 0.2) is 11.1 Å². The predicted octanol–water partition coefficient (Wildman–Crippen LogP) is 3.22. The van der Waals surface area contributed by atoms with Crippen molar-refractivity contribution in [1.82, 2.24) is 0 Å². The molecular weight excluding hydrogens is 176 g/mol. The van der Waals surface area contributed by atoms with Crippen LogP contribution in [0.4, 0.5) is 0 Å². The van der Waals surface area contributed by atoms with Crippen molar-refractivity contribution in [2.45, 2.75) is 52.4 Å². The minimum Gasteiger partial charge on any atom is -0.458 e. The fourth-order valence-electron chi connectivity index (χ4n) is 1.72. The van der Waals surface area contributed by atoms with Crippen molar-refractivity contribution in [3.8, 4) is 0 Å². The van der Waals surface area contributed by atoms with Gasteiger partial charge < -0.3 is 4.74 Å². The Hall–Kier alpha value is -0.790. The molecule has 2 nitrogen and oxygen atoms in total. The summed E-state index contributed by atoms with van der Waals surface area (Å²) in [6.45, 7) is 4.63. The van der Waals surface area contributed by atoms with E-state index in [4.69, 9.17) is 4.74 Å². The fraction of sp³-hybridized carbons (Fsp3) is 0.750. The van der Waals surface area contributed by atoms with E-state index in [1.807, 2.05) is 6.92 Å². The van der Waals surface area contributed by atoms with Crippen LogP contribution in [0, 0.1) is 0 Å². The van der Waals surface area contributed by atoms with Gasteiger partial charge in [-0.1, -0.05) is 32.6 Å². The van der Waals surface area contributed by atoms with Gasteiger partial charge >= 0.3 is 5.97 Å². The molecule has 14 heavy (non-hydrogen) atoms. The number of cyclic esters (lactones) is 1. The SMILES string of the molecule is CCCCCCCC1=C(C)C(=O)OC1. The largest absolute Gasteiger partial charge is 0.458 e. The molecule has 1 aliphatic rings. The highest BCUT2D eigenvalue weighted by molar-refractivity contribution is 5.90. The Morgan fingerprint density at radius 1 is 1.21 bits per heavy atom. The van der Waals surface area contributed by atoms with Crippen LogP contribution in [0.2, 0.25) is 0 Å². The van der Waals surface area contributed by atoms with Crippen molar-refractivity contribution in [2.75, 3.05) is 6.61 Å². The summed E-state index contributed by atoms with van der Waals surface area (Å²) in [6, 6.07) is 0. The van der Waals surface area contributed by atoms with Gasteiger partial charge in [-0.15, -0.1) is 0 Å². The quantitative estimate of drug-likeness (QED) is 0.481. The molecule has 0 aromatic carbocycles. The molecule has 0 saturated carbocycles. The number of hydrogen-bond acceptors (Lipinski definition) is 2. The third-order valence-electron chi connectivity index (χ3n) is 2.80. The molecule has 0 atom stereocenters. The molecule has 1 rings (SSSR count). The smallest absolute Gasteiger partial charge is 0.334 e. The number of unbranched alkanes of at least 4 members (excludes halogenated alkanes) is 4. The lowest BCUT2D eigenvalue weighted by Gasteiger charge is -2.01. The van der Waals surface area contributed by atoms with Crippen molar-refractivity contribution in [2.24, 2.45) is 0 Å². The van der Waals surface area contributed by atoms with Gasteiger partial charge in [0.25, 0.3) is 0 Å². The molecule has 0 saturated heterocycles. The van der Waals surface area contributed by atoms with Crippen LogP contribution in [0.25, 0.3) is 0 Å². The summed E-state index contributed by atoms with van der Waals surface area (Å²) in [4.78, 5) is 11.0. The third-order valence-corrected chi connectivity index (χ3v) is 2.80. The Labute approximate surface area is 86.3 Å². The number of hydrogen-bond donors (Lipinski definition) is 0. The van der Waals surface area contributed by atoms with Crippen LogP contribution in [0.1, 0.15) is 52.4 Å². The average molecular weight is 196 g/mol. The summed E-state index contributed by atoms with van der Waals surface area (Å²) in [6.07, 6.45) is 7.44.